The molecule has 1 aromatic carbocycles. The highest BCUT2D eigenvalue weighted by atomic mass is 35.5. The molecule has 0 unspecified atom stereocenters. The summed E-state index contributed by atoms with van der Waals surface area (Å²) in [5, 5.41) is 14.4. The number of rotatable bonds is 2. The first-order chi connectivity index (χ1) is 9.13. The highest BCUT2D eigenvalue weighted by Gasteiger charge is 2.39. The van der Waals surface area contributed by atoms with Gasteiger partial charge in [0.05, 0.1) is 6.10 Å². The lowest BCUT2D eigenvalue weighted by Crippen LogP contribution is -2.42. The summed E-state index contributed by atoms with van der Waals surface area (Å²) in [4.78, 5) is 0. The number of aliphatic hydroxyl groups is 1. The average Bonchev–Trinajstić information content (AvgIpc) is 2.80. The van der Waals surface area contributed by atoms with Gasteiger partial charge in [0.2, 0.25) is 0 Å². The van der Waals surface area contributed by atoms with E-state index in [0.29, 0.717) is 16.9 Å². The Balaban J connectivity index is 1.71. The van der Waals surface area contributed by atoms with Crippen molar-refractivity contribution in [2.24, 2.45) is 11.8 Å². The van der Waals surface area contributed by atoms with Gasteiger partial charge in [0.15, 0.2) is 0 Å². The van der Waals surface area contributed by atoms with Gasteiger partial charge in [-0.05, 0) is 68.5 Å². The van der Waals surface area contributed by atoms with Crippen molar-refractivity contribution in [2.75, 3.05) is 13.1 Å². The van der Waals surface area contributed by atoms with Crippen LogP contribution >= 0.6 is 11.6 Å². The van der Waals surface area contributed by atoms with Crippen molar-refractivity contribution in [3.63, 3.8) is 0 Å². The summed E-state index contributed by atoms with van der Waals surface area (Å²) in [6, 6.07) is 5.62. The van der Waals surface area contributed by atoms with Gasteiger partial charge in [-0.25, -0.2) is 0 Å². The molecule has 0 aromatic heterocycles. The highest BCUT2D eigenvalue weighted by molar-refractivity contribution is 6.30. The van der Waals surface area contributed by atoms with Crippen LogP contribution in [-0.4, -0.2) is 30.4 Å². The molecule has 1 aromatic rings. The molecule has 1 heterocycles. The molecule has 1 aliphatic heterocycles. The van der Waals surface area contributed by atoms with Crippen molar-refractivity contribution < 1.29 is 9.84 Å². The molecule has 3 nitrogen and oxygen atoms in total. The zero-order valence-corrected chi connectivity index (χ0v) is 11.9. The molecule has 0 spiro atoms. The lowest BCUT2D eigenvalue weighted by Gasteiger charge is -2.35. The topological polar surface area (TPSA) is 41.5 Å². The fourth-order valence-electron chi connectivity index (χ4n) is 3.29. The van der Waals surface area contributed by atoms with Crippen LogP contribution < -0.4 is 10.1 Å². The lowest BCUT2D eigenvalue weighted by molar-refractivity contribution is -0.0234. The van der Waals surface area contributed by atoms with Crippen LogP contribution in [0.15, 0.2) is 18.2 Å². The molecule has 1 saturated heterocycles. The van der Waals surface area contributed by atoms with E-state index in [2.05, 4.69) is 5.32 Å². The maximum Gasteiger partial charge on any atom is 0.125 e. The predicted molar refractivity (Wildman–Crippen MR) is 75.7 cm³/mol. The number of nitrogens with one attached hydrogen (secondary N) is 1. The number of hydrogen-bond acceptors (Lipinski definition) is 3. The molecule has 4 heteroatoms. The van der Waals surface area contributed by atoms with Crippen LogP contribution in [0.2, 0.25) is 5.02 Å². The Kier molecular flexibility index (Phi) is 3.70. The zero-order valence-electron chi connectivity index (χ0n) is 11.1. The van der Waals surface area contributed by atoms with Crippen LogP contribution in [0.4, 0.5) is 0 Å². The standard InChI is InChI=1S/C15H20ClNO2/c1-9-4-12(16)2-3-14(9)19-15-6-11-8-17-7-10(11)5-13(15)18/h2-4,10-11,13,15,17-18H,5-8H2,1H3/t10-,11+,13+,15+/m0/s1. The van der Waals surface area contributed by atoms with Gasteiger partial charge in [-0.1, -0.05) is 11.6 Å². The third-order valence-electron chi connectivity index (χ3n) is 4.40. The number of aliphatic hydroxyl groups excluding tert-OH is 1. The van der Waals surface area contributed by atoms with Crippen LogP contribution in [-0.2, 0) is 0 Å². The van der Waals surface area contributed by atoms with E-state index in [1.807, 2.05) is 25.1 Å². The third-order valence-corrected chi connectivity index (χ3v) is 4.64. The van der Waals surface area contributed by atoms with Gasteiger partial charge in [-0.3, -0.25) is 0 Å². The van der Waals surface area contributed by atoms with E-state index in [1.165, 1.54) is 0 Å². The smallest absolute Gasteiger partial charge is 0.125 e. The molecule has 0 radical (unpaired) electrons. The van der Waals surface area contributed by atoms with E-state index in [-0.39, 0.29) is 12.2 Å². The summed E-state index contributed by atoms with van der Waals surface area (Å²) >= 11 is 5.95. The fourth-order valence-corrected chi connectivity index (χ4v) is 3.52. The fraction of sp³-hybridized carbons (Fsp3) is 0.600. The zero-order chi connectivity index (χ0) is 13.4. The van der Waals surface area contributed by atoms with Crippen molar-refractivity contribution in [1.82, 2.24) is 5.32 Å². The van der Waals surface area contributed by atoms with E-state index >= 15 is 0 Å². The monoisotopic (exact) mass is 281 g/mol. The quantitative estimate of drug-likeness (QED) is 0.875. The van der Waals surface area contributed by atoms with Gasteiger partial charge < -0.3 is 15.2 Å². The molecule has 104 valence electrons. The van der Waals surface area contributed by atoms with E-state index in [9.17, 15) is 5.11 Å². The van der Waals surface area contributed by atoms with E-state index in [4.69, 9.17) is 16.3 Å². The minimum Gasteiger partial charge on any atom is -0.487 e. The van der Waals surface area contributed by atoms with Crippen LogP contribution in [0.25, 0.3) is 0 Å². The summed E-state index contributed by atoms with van der Waals surface area (Å²) in [7, 11) is 0. The summed E-state index contributed by atoms with van der Waals surface area (Å²) in [6.07, 6.45) is 1.31. The Morgan fingerprint density at radius 2 is 2.00 bits per heavy atom. The second kappa shape index (κ2) is 5.31. The van der Waals surface area contributed by atoms with Crippen LogP contribution in [0.5, 0.6) is 5.75 Å². The normalized spacial score (nSPS) is 34.1. The second-order valence-corrected chi connectivity index (χ2v) is 6.22. The molecule has 0 bridgehead atoms. The number of benzene rings is 1. The van der Waals surface area contributed by atoms with E-state index in [1.54, 1.807) is 0 Å². The number of ether oxygens (including phenoxy) is 1. The number of hydrogen-bond donors (Lipinski definition) is 2. The largest absolute Gasteiger partial charge is 0.487 e. The van der Waals surface area contributed by atoms with Crippen molar-refractivity contribution in [1.29, 1.82) is 0 Å². The molecule has 2 fully saturated rings. The van der Waals surface area contributed by atoms with E-state index < -0.39 is 0 Å². The molecule has 1 aliphatic carbocycles. The van der Waals surface area contributed by atoms with Gasteiger partial charge >= 0.3 is 0 Å². The maximum atomic E-state index is 10.2. The Hall–Kier alpha value is -0.770. The Labute approximate surface area is 118 Å². The Morgan fingerprint density at radius 1 is 1.26 bits per heavy atom. The first-order valence-corrected chi connectivity index (χ1v) is 7.33. The molecule has 2 aliphatic rings. The van der Waals surface area contributed by atoms with Crippen molar-refractivity contribution in [2.45, 2.75) is 32.0 Å². The summed E-state index contributed by atoms with van der Waals surface area (Å²) in [5.41, 5.74) is 1.02. The van der Waals surface area contributed by atoms with Gasteiger partial charge in [-0.2, -0.15) is 0 Å². The molecule has 0 amide bonds. The summed E-state index contributed by atoms with van der Waals surface area (Å²) in [5.74, 6) is 2.08. The Bertz CT molecular complexity index is 465. The molecule has 4 atom stereocenters. The molecule has 2 N–H and O–H groups in total. The number of aryl methyl sites for hydroxylation is 1. The lowest BCUT2D eigenvalue weighted by atomic mass is 9.78. The van der Waals surface area contributed by atoms with Crippen molar-refractivity contribution in [3.8, 4) is 5.75 Å². The first kappa shape index (κ1) is 13.2. The highest BCUT2D eigenvalue weighted by Crippen LogP contribution is 2.35. The summed E-state index contributed by atoms with van der Waals surface area (Å²) in [6.45, 7) is 4.07. The predicted octanol–water partition coefficient (Wildman–Crippen LogP) is 2.39. The van der Waals surface area contributed by atoms with Crippen LogP contribution in [0, 0.1) is 18.8 Å². The van der Waals surface area contributed by atoms with Crippen LogP contribution in [0.1, 0.15) is 18.4 Å². The third kappa shape index (κ3) is 2.73. The van der Waals surface area contributed by atoms with Gasteiger partial charge in [0, 0.05) is 5.02 Å². The van der Waals surface area contributed by atoms with E-state index in [0.717, 1.165) is 37.2 Å². The van der Waals surface area contributed by atoms with Crippen molar-refractivity contribution in [3.05, 3.63) is 28.8 Å². The number of halogens is 1. The first-order valence-electron chi connectivity index (χ1n) is 6.95. The maximum absolute atomic E-state index is 10.2. The van der Waals surface area contributed by atoms with Gasteiger partial charge in [0.25, 0.3) is 0 Å². The molecule has 19 heavy (non-hydrogen) atoms. The van der Waals surface area contributed by atoms with Gasteiger partial charge in [0.1, 0.15) is 11.9 Å². The average molecular weight is 282 g/mol. The second-order valence-electron chi connectivity index (χ2n) is 5.78. The SMILES string of the molecule is Cc1cc(Cl)ccc1O[C@@H]1C[C@@H]2CNC[C@@H]2C[C@H]1O. The molecule has 3 rings (SSSR count). The molecular formula is C15H20ClNO2. The van der Waals surface area contributed by atoms with Gasteiger partial charge in [-0.15, -0.1) is 0 Å². The number of fused-ring (bicyclic) bond motifs is 1. The Morgan fingerprint density at radius 3 is 2.74 bits per heavy atom. The molecular weight excluding hydrogens is 262 g/mol. The molecule has 1 saturated carbocycles. The summed E-state index contributed by atoms with van der Waals surface area (Å²) < 4.78 is 6.03. The minimum atomic E-state index is -0.365. The van der Waals surface area contributed by atoms with Crippen molar-refractivity contribution >= 4 is 11.6 Å². The van der Waals surface area contributed by atoms with Crippen LogP contribution in [0.3, 0.4) is 0 Å². The minimum absolute atomic E-state index is 0.0963.